The minimum absolute atomic E-state index is 0.0492. The summed E-state index contributed by atoms with van der Waals surface area (Å²) in [5.41, 5.74) is 0. The molecule has 1 saturated carbocycles. The van der Waals surface area contributed by atoms with Gasteiger partial charge in [0.1, 0.15) is 6.04 Å². The molecule has 0 aromatic rings. The molecule has 1 amide bonds. The third-order valence-corrected chi connectivity index (χ3v) is 4.47. The summed E-state index contributed by atoms with van der Waals surface area (Å²) in [6.07, 6.45) is 5.90. The van der Waals surface area contributed by atoms with Crippen molar-refractivity contribution in [1.29, 1.82) is 0 Å². The largest absolute Gasteiger partial charge is 0.394 e. The highest BCUT2D eigenvalue weighted by molar-refractivity contribution is 5.82. The summed E-state index contributed by atoms with van der Waals surface area (Å²) >= 11 is 0. The molecular weight excluding hydrogens is 216 g/mol. The smallest absolute Gasteiger partial charge is 0.242 e. The van der Waals surface area contributed by atoms with Crippen LogP contribution < -0.4 is 0 Å². The van der Waals surface area contributed by atoms with Crippen molar-refractivity contribution in [3.05, 3.63) is 0 Å². The van der Waals surface area contributed by atoms with Gasteiger partial charge in [-0.1, -0.05) is 12.8 Å². The Balaban J connectivity index is 2.15. The minimum Gasteiger partial charge on any atom is -0.394 e. The fraction of sp³-hybridized carbons (Fsp3) is 0.923. The Labute approximate surface area is 104 Å². The van der Waals surface area contributed by atoms with Crippen LogP contribution in [0.25, 0.3) is 0 Å². The molecular formula is C13H24N2O2. The van der Waals surface area contributed by atoms with Gasteiger partial charge in [0.2, 0.25) is 5.91 Å². The highest BCUT2D eigenvalue weighted by atomic mass is 16.3. The molecule has 1 aliphatic heterocycles. The second-order valence-electron chi connectivity index (χ2n) is 5.46. The first-order chi connectivity index (χ1) is 8.15. The van der Waals surface area contributed by atoms with Crippen LogP contribution in [0.15, 0.2) is 0 Å². The van der Waals surface area contributed by atoms with E-state index in [0.29, 0.717) is 6.04 Å². The average Bonchev–Trinajstić information content (AvgIpc) is 2.82. The minimum atomic E-state index is -0.312. The fourth-order valence-electron chi connectivity index (χ4n) is 3.14. The van der Waals surface area contributed by atoms with Crippen molar-refractivity contribution >= 4 is 5.91 Å². The molecule has 1 heterocycles. The van der Waals surface area contributed by atoms with E-state index >= 15 is 0 Å². The van der Waals surface area contributed by atoms with E-state index < -0.39 is 0 Å². The van der Waals surface area contributed by atoms with Crippen LogP contribution in [0.2, 0.25) is 0 Å². The molecule has 2 atom stereocenters. The number of nitrogens with zero attached hydrogens (tertiary/aromatic N) is 2. The SMILES string of the molecule is CC1CCN(C2CCCC2)C(CO)C(=O)N1C. The van der Waals surface area contributed by atoms with Gasteiger partial charge in [-0.15, -0.1) is 0 Å². The maximum atomic E-state index is 12.3. The Morgan fingerprint density at radius 3 is 2.53 bits per heavy atom. The molecule has 2 fully saturated rings. The summed E-state index contributed by atoms with van der Waals surface area (Å²) in [6.45, 7) is 2.98. The molecule has 17 heavy (non-hydrogen) atoms. The van der Waals surface area contributed by atoms with E-state index in [-0.39, 0.29) is 24.6 Å². The zero-order chi connectivity index (χ0) is 12.4. The predicted molar refractivity (Wildman–Crippen MR) is 66.7 cm³/mol. The van der Waals surface area contributed by atoms with Crippen LogP contribution >= 0.6 is 0 Å². The van der Waals surface area contributed by atoms with Gasteiger partial charge in [0.15, 0.2) is 0 Å². The van der Waals surface area contributed by atoms with Crippen molar-refractivity contribution in [3.63, 3.8) is 0 Å². The molecule has 0 spiro atoms. The van der Waals surface area contributed by atoms with Crippen LogP contribution in [0.3, 0.4) is 0 Å². The lowest BCUT2D eigenvalue weighted by molar-refractivity contribution is -0.137. The van der Waals surface area contributed by atoms with Gasteiger partial charge < -0.3 is 10.0 Å². The summed E-state index contributed by atoms with van der Waals surface area (Å²) in [4.78, 5) is 16.3. The van der Waals surface area contributed by atoms with Crippen LogP contribution in [-0.2, 0) is 4.79 Å². The van der Waals surface area contributed by atoms with Gasteiger partial charge >= 0.3 is 0 Å². The molecule has 4 nitrogen and oxygen atoms in total. The molecule has 0 aromatic heterocycles. The first kappa shape index (κ1) is 12.8. The van der Waals surface area contributed by atoms with Crippen molar-refractivity contribution < 1.29 is 9.90 Å². The molecule has 1 saturated heterocycles. The molecule has 0 radical (unpaired) electrons. The lowest BCUT2D eigenvalue weighted by Gasteiger charge is -2.33. The Morgan fingerprint density at radius 1 is 1.29 bits per heavy atom. The Morgan fingerprint density at radius 2 is 1.94 bits per heavy atom. The highest BCUT2D eigenvalue weighted by Gasteiger charge is 2.37. The summed E-state index contributed by atoms with van der Waals surface area (Å²) in [6, 6.07) is 0.478. The third kappa shape index (κ3) is 2.47. The van der Waals surface area contributed by atoms with E-state index in [9.17, 15) is 9.90 Å². The molecule has 1 aliphatic carbocycles. The molecule has 1 N–H and O–H groups in total. The van der Waals surface area contributed by atoms with Crippen molar-refractivity contribution in [2.45, 2.75) is 57.2 Å². The zero-order valence-corrected chi connectivity index (χ0v) is 10.9. The maximum Gasteiger partial charge on any atom is 0.242 e. The van der Waals surface area contributed by atoms with Gasteiger partial charge in [0.05, 0.1) is 6.61 Å². The predicted octanol–water partition coefficient (Wildman–Crippen LogP) is 0.843. The summed E-state index contributed by atoms with van der Waals surface area (Å²) in [7, 11) is 1.85. The topological polar surface area (TPSA) is 43.8 Å². The molecule has 0 aromatic carbocycles. The van der Waals surface area contributed by atoms with Crippen LogP contribution in [0.4, 0.5) is 0 Å². The van der Waals surface area contributed by atoms with Gasteiger partial charge in [0.25, 0.3) is 0 Å². The molecule has 2 aliphatic rings. The number of hydrogen-bond donors (Lipinski definition) is 1. The molecule has 2 unspecified atom stereocenters. The summed E-state index contributed by atoms with van der Waals surface area (Å²) in [5.74, 6) is 0.0874. The highest BCUT2D eigenvalue weighted by Crippen LogP contribution is 2.27. The van der Waals surface area contributed by atoms with Crippen molar-refractivity contribution in [3.8, 4) is 0 Å². The van der Waals surface area contributed by atoms with Crippen LogP contribution in [0.5, 0.6) is 0 Å². The molecule has 2 rings (SSSR count). The lowest BCUT2D eigenvalue weighted by atomic mass is 10.1. The van der Waals surface area contributed by atoms with E-state index in [0.717, 1.165) is 13.0 Å². The van der Waals surface area contributed by atoms with Crippen molar-refractivity contribution in [1.82, 2.24) is 9.80 Å². The number of rotatable bonds is 2. The number of amides is 1. The first-order valence-electron chi connectivity index (χ1n) is 6.78. The van der Waals surface area contributed by atoms with E-state index in [1.165, 1.54) is 25.7 Å². The van der Waals surface area contributed by atoms with Crippen LogP contribution in [0.1, 0.15) is 39.0 Å². The normalized spacial score (nSPS) is 33.1. The van der Waals surface area contributed by atoms with Crippen LogP contribution in [-0.4, -0.2) is 59.1 Å². The number of hydrogen-bond acceptors (Lipinski definition) is 3. The number of aliphatic hydroxyl groups is 1. The van der Waals surface area contributed by atoms with E-state index in [2.05, 4.69) is 11.8 Å². The quantitative estimate of drug-likeness (QED) is 0.778. The number of likely N-dealkylation sites (N-methyl/N-ethyl adjacent to an activating group) is 1. The number of aliphatic hydroxyl groups excluding tert-OH is 1. The van der Waals surface area contributed by atoms with Gasteiger partial charge in [0, 0.05) is 25.7 Å². The fourth-order valence-corrected chi connectivity index (χ4v) is 3.14. The van der Waals surface area contributed by atoms with Crippen molar-refractivity contribution in [2.24, 2.45) is 0 Å². The van der Waals surface area contributed by atoms with Gasteiger partial charge in [-0.25, -0.2) is 0 Å². The standard InChI is InChI=1S/C13H24N2O2/c1-10-7-8-15(11-5-3-4-6-11)12(9-16)13(17)14(10)2/h10-12,16H,3-9H2,1-2H3. The maximum absolute atomic E-state index is 12.3. The van der Waals surface area contributed by atoms with Gasteiger partial charge in [-0.05, 0) is 26.2 Å². The summed E-state index contributed by atoms with van der Waals surface area (Å²) in [5, 5.41) is 9.53. The summed E-state index contributed by atoms with van der Waals surface area (Å²) < 4.78 is 0. The zero-order valence-electron chi connectivity index (χ0n) is 10.9. The van der Waals surface area contributed by atoms with Crippen LogP contribution in [0, 0.1) is 0 Å². The number of carbonyl (C=O) groups is 1. The Kier molecular flexibility index (Phi) is 4.05. The Hall–Kier alpha value is -0.610. The second-order valence-corrected chi connectivity index (χ2v) is 5.46. The third-order valence-electron chi connectivity index (χ3n) is 4.47. The van der Waals surface area contributed by atoms with Gasteiger partial charge in [-0.3, -0.25) is 9.69 Å². The first-order valence-corrected chi connectivity index (χ1v) is 6.78. The lowest BCUT2D eigenvalue weighted by Crippen LogP contribution is -2.51. The molecule has 0 bridgehead atoms. The Bertz CT molecular complexity index is 277. The average molecular weight is 240 g/mol. The van der Waals surface area contributed by atoms with Gasteiger partial charge in [-0.2, -0.15) is 0 Å². The molecule has 98 valence electrons. The van der Waals surface area contributed by atoms with E-state index in [4.69, 9.17) is 0 Å². The number of carbonyl (C=O) groups excluding carboxylic acids is 1. The van der Waals surface area contributed by atoms with E-state index in [1.54, 1.807) is 4.90 Å². The monoisotopic (exact) mass is 240 g/mol. The molecule has 4 heteroatoms. The second kappa shape index (κ2) is 5.36. The van der Waals surface area contributed by atoms with Crippen molar-refractivity contribution in [2.75, 3.05) is 20.2 Å². The van der Waals surface area contributed by atoms with E-state index in [1.807, 2.05) is 7.05 Å².